The van der Waals surface area contributed by atoms with E-state index in [2.05, 4.69) is 4.72 Å². The van der Waals surface area contributed by atoms with Crippen molar-refractivity contribution in [1.29, 1.82) is 0 Å². The van der Waals surface area contributed by atoms with Crippen molar-refractivity contribution in [3.63, 3.8) is 0 Å². The second kappa shape index (κ2) is 7.11. The third-order valence-corrected chi connectivity index (χ3v) is 5.07. The summed E-state index contributed by atoms with van der Waals surface area (Å²) in [6.07, 6.45) is 0.189. The number of likely N-dealkylation sites (tertiary alicyclic amines) is 1. The Bertz CT molecular complexity index is 678. The number of amides is 1. The highest BCUT2D eigenvalue weighted by molar-refractivity contribution is 7.88. The molecule has 1 saturated heterocycles. The van der Waals surface area contributed by atoms with Gasteiger partial charge in [-0.2, -0.15) is 0 Å². The van der Waals surface area contributed by atoms with E-state index in [1.165, 1.54) is 0 Å². The van der Waals surface area contributed by atoms with Crippen LogP contribution < -0.4 is 4.72 Å². The maximum absolute atomic E-state index is 12.3. The topological polar surface area (TPSA) is 75.7 Å². The van der Waals surface area contributed by atoms with Gasteiger partial charge in [0, 0.05) is 19.1 Å². The summed E-state index contributed by atoms with van der Waals surface area (Å²) in [7, 11) is -3.44. The lowest BCUT2D eigenvalue weighted by molar-refractivity contribution is 0.0292. The van der Waals surface area contributed by atoms with Gasteiger partial charge in [-0.1, -0.05) is 29.8 Å². The van der Waals surface area contributed by atoms with Gasteiger partial charge in [0.05, 0.1) is 5.75 Å². The summed E-state index contributed by atoms with van der Waals surface area (Å²) in [6.45, 7) is 8.21. The van der Waals surface area contributed by atoms with Gasteiger partial charge in [0.25, 0.3) is 0 Å². The van der Waals surface area contributed by atoms with E-state index in [0.717, 1.165) is 11.1 Å². The molecule has 1 aliphatic rings. The van der Waals surface area contributed by atoms with Crippen molar-refractivity contribution in [3.8, 4) is 0 Å². The molecule has 1 heterocycles. The zero-order valence-corrected chi connectivity index (χ0v) is 15.5. The fraction of sp³-hybridized carbons (Fsp3) is 0.588. The maximum Gasteiger partial charge on any atom is 0.410 e. The van der Waals surface area contributed by atoms with Crippen molar-refractivity contribution < 1.29 is 17.9 Å². The first kappa shape index (κ1) is 18.7. The van der Waals surface area contributed by atoms with E-state index in [1.807, 2.05) is 52.0 Å². The molecule has 0 unspecified atom stereocenters. The smallest absolute Gasteiger partial charge is 0.410 e. The largest absolute Gasteiger partial charge is 0.444 e. The molecule has 0 saturated carbocycles. The number of hydrogen-bond donors (Lipinski definition) is 1. The summed E-state index contributed by atoms with van der Waals surface area (Å²) >= 11 is 0. The minimum atomic E-state index is -3.44. The second-order valence-electron chi connectivity index (χ2n) is 7.27. The molecule has 1 aromatic rings. The van der Waals surface area contributed by atoms with Gasteiger partial charge in [0.2, 0.25) is 10.0 Å². The molecule has 0 bridgehead atoms. The summed E-state index contributed by atoms with van der Waals surface area (Å²) in [4.78, 5) is 13.6. The van der Waals surface area contributed by atoms with E-state index in [4.69, 9.17) is 4.74 Å². The maximum atomic E-state index is 12.3. The van der Waals surface area contributed by atoms with Gasteiger partial charge in [-0.25, -0.2) is 17.9 Å². The quantitative estimate of drug-likeness (QED) is 0.901. The Hall–Kier alpha value is -1.60. The van der Waals surface area contributed by atoms with Gasteiger partial charge in [0.15, 0.2) is 0 Å². The lowest BCUT2D eigenvalue weighted by atomic mass is 10.2. The molecule has 6 nitrogen and oxygen atoms in total. The summed E-state index contributed by atoms with van der Waals surface area (Å²) in [5.74, 6) is -0.0593. The van der Waals surface area contributed by atoms with Crippen LogP contribution in [-0.4, -0.2) is 44.1 Å². The Morgan fingerprint density at radius 2 is 1.92 bits per heavy atom. The molecule has 0 spiro atoms. The third kappa shape index (κ3) is 5.79. The van der Waals surface area contributed by atoms with Gasteiger partial charge < -0.3 is 9.64 Å². The SMILES string of the molecule is Cc1ccc(CS(=O)(=O)N[C@H]2CCN(C(=O)OC(C)(C)C)C2)cc1. The van der Waals surface area contributed by atoms with Crippen LogP contribution >= 0.6 is 0 Å². The summed E-state index contributed by atoms with van der Waals surface area (Å²) in [5.41, 5.74) is 1.28. The number of benzene rings is 1. The van der Waals surface area contributed by atoms with Crippen molar-refractivity contribution in [2.75, 3.05) is 13.1 Å². The van der Waals surface area contributed by atoms with Crippen LogP contribution in [-0.2, 0) is 20.5 Å². The number of aryl methyl sites for hydroxylation is 1. The van der Waals surface area contributed by atoms with E-state index in [9.17, 15) is 13.2 Å². The molecule has 134 valence electrons. The first-order valence-electron chi connectivity index (χ1n) is 8.07. The Labute approximate surface area is 144 Å². The molecule has 0 aliphatic carbocycles. The normalized spacial score (nSPS) is 18.7. The number of ether oxygens (including phenoxy) is 1. The number of nitrogens with one attached hydrogen (secondary N) is 1. The highest BCUT2D eigenvalue weighted by atomic mass is 32.2. The molecule has 1 aliphatic heterocycles. The summed E-state index contributed by atoms with van der Waals surface area (Å²) < 4.78 is 32.6. The van der Waals surface area contributed by atoms with Crippen molar-refractivity contribution in [2.24, 2.45) is 0 Å². The van der Waals surface area contributed by atoms with Gasteiger partial charge in [-0.05, 0) is 39.7 Å². The standard InChI is InChI=1S/C17H26N2O4S/c1-13-5-7-14(8-6-13)12-24(21,22)18-15-9-10-19(11-15)16(20)23-17(2,3)4/h5-8,15,18H,9-12H2,1-4H3/t15-/m0/s1. The molecule has 1 atom stereocenters. The molecule has 1 amide bonds. The average Bonchev–Trinajstić information content (AvgIpc) is 2.87. The van der Waals surface area contributed by atoms with Gasteiger partial charge >= 0.3 is 6.09 Å². The van der Waals surface area contributed by atoms with Crippen molar-refractivity contribution in [3.05, 3.63) is 35.4 Å². The molecular formula is C17H26N2O4S. The Morgan fingerprint density at radius 3 is 2.50 bits per heavy atom. The van der Waals surface area contributed by atoms with Crippen molar-refractivity contribution in [1.82, 2.24) is 9.62 Å². The molecule has 1 N–H and O–H groups in total. The summed E-state index contributed by atoms with van der Waals surface area (Å²) in [5, 5.41) is 0. The molecule has 1 aromatic carbocycles. The van der Waals surface area contributed by atoms with E-state index in [-0.39, 0.29) is 11.8 Å². The highest BCUT2D eigenvalue weighted by Gasteiger charge is 2.31. The molecular weight excluding hydrogens is 328 g/mol. The van der Waals surface area contributed by atoms with Crippen LogP contribution in [0.2, 0.25) is 0 Å². The lowest BCUT2D eigenvalue weighted by Crippen LogP contribution is -2.40. The molecule has 1 fully saturated rings. The zero-order chi connectivity index (χ0) is 18.0. The van der Waals surface area contributed by atoms with E-state index < -0.39 is 21.7 Å². The number of carbonyl (C=O) groups is 1. The van der Waals surface area contributed by atoms with Gasteiger partial charge in [-0.3, -0.25) is 0 Å². The molecule has 2 rings (SSSR count). The minimum Gasteiger partial charge on any atom is -0.444 e. The average molecular weight is 354 g/mol. The van der Waals surface area contributed by atoms with Crippen molar-refractivity contribution >= 4 is 16.1 Å². The first-order chi connectivity index (χ1) is 11.0. The van der Waals surface area contributed by atoms with Gasteiger partial charge in [-0.15, -0.1) is 0 Å². The van der Waals surface area contributed by atoms with Crippen LogP contribution in [0.15, 0.2) is 24.3 Å². The Kier molecular flexibility index (Phi) is 5.55. The minimum absolute atomic E-state index is 0.0593. The zero-order valence-electron chi connectivity index (χ0n) is 14.7. The summed E-state index contributed by atoms with van der Waals surface area (Å²) in [6, 6.07) is 7.15. The second-order valence-corrected chi connectivity index (χ2v) is 9.03. The number of rotatable bonds is 4. The number of hydrogen-bond acceptors (Lipinski definition) is 4. The predicted molar refractivity (Wildman–Crippen MR) is 93.2 cm³/mol. The van der Waals surface area contributed by atoms with E-state index in [1.54, 1.807) is 4.90 Å². The van der Waals surface area contributed by atoms with Gasteiger partial charge in [0.1, 0.15) is 5.60 Å². The highest BCUT2D eigenvalue weighted by Crippen LogP contribution is 2.16. The fourth-order valence-corrected chi connectivity index (χ4v) is 3.96. The molecule has 0 radical (unpaired) electrons. The molecule has 0 aromatic heterocycles. The lowest BCUT2D eigenvalue weighted by Gasteiger charge is -2.24. The number of carbonyl (C=O) groups excluding carboxylic acids is 1. The fourth-order valence-electron chi connectivity index (χ4n) is 2.55. The van der Waals surface area contributed by atoms with E-state index in [0.29, 0.717) is 19.5 Å². The number of nitrogens with zero attached hydrogens (tertiary/aromatic N) is 1. The Balaban J connectivity index is 1.89. The van der Waals surface area contributed by atoms with Crippen LogP contribution in [0.5, 0.6) is 0 Å². The monoisotopic (exact) mass is 354 g/mol. The van der Waals surface area contributed by atoms with Crippen LogP contribution in [0.3, 0.4) is 0 Å². The molecule has 24 heavy (non-hydrogen) atoms. The third-order valence-electron chi connectivity index (χ3n) is 3.66. The van der Waals surface area contributed by atoms with Crippen LogP contribution in [0.25, 0.3) is 0 Å². The first-order valence-corrected chi connectivity index (χ1v) is 9.73. The van der Waals surface area contributed by atoms with Crippen LogP contribution in [0.1, 0.15) is 38.3 Å². The van der Waals surface area contributed by atoms with Crippen LogP contribution in [0, 0.1) is 6.92 Å². The van der Waals surface area contributed by atoms with E-state index >= 15 is 0 Å². The number of sulfonamides is 1. The predicted octanol–water partition coefficient (Wildman–Crippen LogP) is 2.42. The Morgan fingerprint density at radius 1 is 1.29 bits per heavy atom. The van der Waals surface area contributed by atoms with Crippen LogP contribution in [0.4, 0.5) is 4.79 Å². The molecule has 7 heteroatoms. The van der Waals surface area contributed by atoms with Crippen molar-refractivity contribution in [2.45, 2.75) is 51.5 Å².